The fourth-order valence-electron chi connectivity index (χ4n) is 2.21. The molecular weight excluding hydrogens is 318 g/mol. The van der Waals surface area contributed by atoms with Crippen LogP contribution in [0.25, 0.3) is 0 Å². The Labute approximate surface area is 134 Å². The molecule has 1 aliphatic rings. The molecule has 0 unspecified atom stereocenters. The van der Waals surface area contributed by atoms with Gasteiger partial charge in [0, 0.05) is 23.2 Å². The van der Waals surface area contributed by atoms with Gasteiger partial charge in [-0.1, -0.05) is 26.8 Å². The highest BCUT2D eigenvalue weighted by atomic mass is 32.2. The van der Waals surface area contributed by atoms with E-state index in [1.54, 1.807) is 12.1 Å². The van der Waals surface area contributed by atoms with Crippen molar-refractivity contribution in [1.29, 1.82) is 0 Å². The highest BCUT2D eigenvalue weighted by Gasteiger charge is 2.26. The Kier molecular flexibility index (Phi) is 3.44. The Morgan fingerprint density at radius 3 is 2.70 bits per heavy atom. The number of rotatable bonds is 3. The average molecular weight is 335 g/mol. The molecule has 0 saturated carbocycles. The van der Waals surface area contributed by atoms with E-state index in [4.69, 9.17) is 4.42 Å². The van der Waals surface area contributed by atoms with Gasteiger partial charge in [0.2, 0.25) is 5.89 Å². The molecular formula is C15H17N3O4S. The van der Waals surface area contributed by atoms with Crippen molar-refractivity contribution in [3.05, 3.63) is 41.4 Å². The Balaban J connectivity index is 1.89. The van der Waals surface area contributed by atoms with Crippen molar-refractivity contribution in [2.45, 2.75) is 37.8 Å². The second-order valence-electron chi connectivity index (χ2n) is 6.39. The number of fused-ring (bicyclic) bond motifs is 1. The van der Waals surface area contributed by atoms with E-state index in [9.17, 15) is 13.2 Å². The van der Waals surface area contributed by atoms with Crippen molar-refractivity contribution in [1.82, 2.24) is 10.3 Å². The number of hydrogen-bond acceptors (Lipinski definition) is 5. The maximum atomic E-state index is 12.4. The van der Waals surface area contributed by atoms with Gasteiger partial charge in [-0.2, -0.15) is 8.42 Å². The standard InChI is InChI=1S/C15H17N3O4S/c1-15(2,3)14-17-8-12(22-14)23(20,21)18-10-5-4-9-7-16-13(19)11(9)6-10/h4-6,8,18H,7H2,1-3H3,(H,16,19). The predicted octanol–water partition coefficient (Wildman–Crippen LogP) is 2.02. The van der Waals surface area contributed by atoms with Crippen LogP contribution >= 0.6 is 0 Å². The lowest BCUT2D eigenvalue weighted by Gasteiger charge is -2.12. The number of benzene rings is 1. The van der Waals surface area contributed by atoms with Crippen LogP contribution in [0.15, 0.2) is 33.9 Å². The number of sulfonamides is 1. The van der Waals surface area contributed by atoms with Crippen LogP contribution in [0.5, 0.6) is 0 Å². The summed E-state index contributed by atoms with van der Waals surface area (Å²) in [6.45, 7) is 6.09. The number of hydrogen-bond donors (Lipinski definition) is 2. The molecule has 1 amide bonds. The van der Waals surface area contributed by atoms with Gasteiger partial charge in [-0.25, -0.2) is 4.98 Å². The first-order chi connectivity index (χ1) is 10.7. The number of carbonyl (C=O) groups is 1. The third-order valence-electron chi connectivity index (χ3n) is 3.44. The minimum atomic E-state index is -3.90. The summed E-state index contributed by atoms with van der Waals surface area (Å²) in [6, 6.07) is 4.83. The van der Waals surface area contributed by atoms with Gasteiger partial charge in [-0.3, -0.25) is 9.52 Å². The lowest BCUT2D eigenvalue weighted by atomic mass is 9.97. The van der Waals surface area contributed by atoms with Crippen LogP contribution in [-0.4, -0.2) is 19.3 Å². The van der Waals surface area contributed by atoms with Crippen molar-refractivity contribution in [2.75, 3.05) is 4.72 Å². The number of aromatic nitrogens is 1. The van der Waals surface area contributed by atoms with Gasteiger partial charge in [0.05, 0.1) is 6.20 Å². The van der Waals surface area contributed by atoms with E-state index in [1.807, 2.05) is 20.8 Å². The molecule has 2 N–H and O–H groups in total. The molecule has 3 rings (SSSR count). The van der Waals surface area contributed by atoms with Gasteiger partial charge >= 0.3 is 0 Å². The van der Waals surface area contributed by atoms with Crippen LogP contribution in [0, 0.1) is 0 Å². The topological polar surface area (TPSA) is 101 Å². The first-order valence-electron chi connectivity index (χ1n) is 7.07. The van der Waals surface area contributed by atoms with Gasteiger partial charge < -0.3 is 9.73 Å². The molecule has 0 atom stereocenters. The normalized spacial score (nSPS) is 14.5. The highest BCUT2D eigenvalue weighted by molar-refractivity contribution is 7.92. The summed E-state index contributed by atoms with van der Waals surface area (Å²) in [6.07, 6.45) is 1.18. The van der Waals surface area contributed by atoms with Gasteiger partial charge in [-0.15, -0.1) is 0 Å². The largest absolute Gasteiger partial charge is 0.427 e. The lowest BCUT2D eigenvalue weighted by Crippen LogP contribution is -2.14. The molecule has 0 saturated heterocycles. The van der Waals surface area contributed by atoms with Crippen LogP contribution in [0.4, 0.5) is 5.69 Å². The summed E-state index contributed by atoms with van der Waals surface area (Å²) in [5.41, 5.74) is 1.22. The number of amides is 1. The zero-order valence-corrected chi connectivity index (χ0v) is 13.8. The van der Waals surface area contributed by atoms with E-state index < -0.39 is 10.0 Å². The Morgan fingerprint density at radius 1 is 1.30 bits per heavy atom. The smallest absolute Gasteiger partial charge is 0.297 e. The van der Waals surface area contributed by atoms with Crippen molar-refractivity contribution >= 4 is 21.6 Å². The minimum Gasteiger partial charge on any atom is -0.427 e. The number of nitrogens with zero attached hydrogens (tertiary/aromatic N) is 1. The summed E-state index contributed by atoms with van der Waals surface area (Å²) in [5, 5.41) is 2.42. The van der Waals surface area contributed by atoms with E-state index in [0.29, 0.717) is 23.7 Å². The SMILES string of the molecule is CC(C)(C)c1ncc(S(=O)(=O)Nc2ccc3c(c2)C(=O)NC3)o1. The van der Waals surface area contributed by atoms with Gasteiger partial charge in [-0.05, 0) is 17.7 Å². The van der Waals surface area contributed by atoms with Crippen LogP contribution in [0.2, 0.25) is 0 Å². The number of oxazole rings is 1. The van der Waals surface area contributed by atoms with E-state index in [-0.39, 0.29) is 16.4 Å². The maximum Gasteiger partial charge on any atom is 0.297 e. The summed E-state index contributed by atoms with van der Waals surface area (Å²) in [5.74, 6) is 0.127. The van der Waals surface area contributed by atoms with Crippen LogP contribution in [0.1, 0.15) is 42.6 Å². The molecule has 1 aromatic heterocycles. The molecule has 0 radical (unpaired) electrons. The summed E-state index contributed by atoms with van der Waals surface area (Å²) in [4.78, 5) is 15.7. The van der Waals surface area contributed by atoms with E-state index >= 15 is 0 Å². The average Bonchev–Trinajstić information content (AvgIpc) is 3.06. The Bertz CT molecular complexity index is 878. The Hall–Kier alpha value is -2.35. The van der Waals surface area contributed by atoms with Gasteiger partial charge in [0.1, 0.15) is 0 Å². The van der Waals surface area contributed by atoms with E-state index in [1.165, 1.54) is 12.3 Å². The summed E-state index contributed by atoms with van der Waals surface area (Å²) >= 11 is 0. The number of carbonyl (C=O) groups excluding carboxylic acids is 1. The molecule has 0 fully saturated rings. The maximum absolute atomic E-state index is 12.4. The molecule has 0 spiro atoms. The quantitative estimate of drug-likeness (QED) is 0.893. The first-order valence-corrected chi connectivity index (χ1v) is 8.55. The second-order valence-corrected chi connectivity index (χ2v) is 8.01. The van der Waals surface area contributed by atoms with E-state index in [2.05, 4.69) is 15.0 Å². The second kappa shape index (κ2) is 5.09. The monoisotopic (exact) mass is 335 g/mol. The zero-order chi connectivity index (χ0) is 16.8. The molecule has 0 aliphatic carbocycles. The third kappa shape index (κ3) is 2.94. The molecule has 1 aliphatic heterocycles. The molecule has 2 heterocycles. The van der Waals surface area contributed by atoms with E-state index in [0.717, 1.165) is 5.56 Å². The summed E-state index contributed by atoms with van der Waals surface area (Å²) in [7, 11) is -3.90. The van der Waals surface area contributed by atoms with Crippen molar-refractivity contribution < 1.29 is 17.6 Å². The fraction of sp³-hybridized carbons (Fsp3) is 0.333. The van der Waals surface area contributed by atoms with Crippen molar-refractivity contribution in [3.63, 3.8) is 0 Å². The number of anilines is 1. The third-order valence-corrected chi connectivity index (χ3v) is 4.66. The van der Waals surface area contributed by atoms with Crippen molar-refractivity contribution in [3.8, 4) is 0 Å². The van der Waals surface area contributed by atoms with Gasteiger partial charge in [0.15, 0.2) is 0 Å². The Morgan fingerprint density at radius 2 is 2.04 bits per heavy atom. The van der Waals surface area contributed by atoms with Crippen molar-refractivity contribution in [2.24, 2.45) is 0 Å². The lowest BCUT2D eigenvalue weighted by molar-refractivity contribution is 0.0965. The van der Waals surface area contributed by atoms with Crippen LogP contribution in [0.3, 0.4) is 0 Å². The molecule has 0 bridgehead atoms. The predicted molar refractivity (Wildman–Crippen MR) is 83.6 cm³/mol. The van der Waals surface area contributed by atoms with Gasteiger partial charge in [0.25, 0.3) is 21.0 Å². The molecule has 122 valence electrons. The zero-order valence-electron chi connectivity index (χ0n) is 13.0. The van der Waals surface area contributed by atoms with Crippen LogP contribution in [-0.2, 0) is 22.0 Å². The molecule has 7 nitrogen and oxygen atoms in total. The molecule has 23 heavy (non-hydrogen) atoms. The summed E-state index contributed by atoms with van der Waals surface area (Å²) < 4.78 is 32.5. The fourth-order valence-corrected chi connectivity index (χ4v) is 3.13. The molecule has 1 aromatic carbocycles. The first kappa shape index (κ1) is 15.5. The van der Waals surface area contributed by atoms with Crippen LogP contribution < -0.4 is 10.0 Å². The highest BCUT2D eigenvalue weighted by Crippen LogP contribution is 2.26. The molecule has 8 heteroatoms. The molecule has 2 aromatic rings. The number of nitrogens with one attached hydrogen (secondary N) is 2. The minimum absolute atomic E-state index is 0.212.